The molecule has 0 atom stereocenters. The molecule has 1 amide bonds. The number of hydrogen-bond acceptors (Lipinski definition) is 3. The van der Waals surface area contributed by atoms with Crippen LogP contribution in [-0.2, 0) is 4.74 Å². The molecule has 2 N–H and O–H groups in total. The summed E-state index contributed by atoms with van der Waals surface area (Å²) >= 11 is 0. The summed E-state index contributed by atoms with van der Waals surface area (Å²) in [6, 6.07) is 0.229. The van der Waals surface area contributed by atoms with Crippen molar-refractivity contribution in [2.45, 2.75) is 52.7 Å². The molecule has 1 heterocycles. The van der Waals surface area contributed by atoms with Gasteiger partial charge in [-0.1, -0.05) is 12.2 Å². The highest BCUT2D eigenvalue weighted by atomic mass is 16.6. The van der Waals surface area contributed by atoms with Crippen molar-refractivity contribution in [3.8, 4) is 0 Å². The summed E-state index contributed by atoms with van der Waals surface area (Å²) in [5.41, 5.74) is -0.446. The summed E-state index contributed by atoms with van der Waals surface area (Å²) in [5, 5.41) is 6.57. The molecule has 0 bridgehead atoms. The molecule has 1 rings (SSSR count). The molecule has 6 nitrogen and oxygen atoms in total. The Balaban J connectivity index is 2.36. The summed E-state index contributed by atoms with van der Waals surface area (Å²) in [5.74, 6) is 0.806. The number of likely N-dealkylation sites (tertiary alicyclic amines) is 1. The van der Waals surface area contributed by atoms with Gasteiger partial charge in [0.2, 0.25) is 0 Å². The zero-order valence-corrected chi connectivity index (χ0v) is 14.5. The molecule has 0 unspecified atom stereocenters. The number of hydrogen-bond donors (Lipinski definition) is 2. The van der Waals surface area contributed by atoms with Gasteiger partial charge in [-0.3, -0.25) is 4.99 Å². The first kappa shape index (κ1) is 18.3. The van der Waals surface area contributed by atoms with E-state index < -0.39 is 5.60 Å². The predicted octanol–water partition coefficient (Wildman–Crippen LogP) is 2.13. The fourth-order valence-corrected chi connectivity index (χ4v) is 1.98. The van der Waals surface area contributed by atoms with Gasteiger partial charge in [-0.25, -0.2) is 4.79 Å². The third-order valence-electron chi connectivity index (χ3n) is 3.02. The first-order chi connectivity index (χ1) is 10.4. The van der Waals surface area contributed by atoms with Crippen molar-refractivity contribution in [3.05, 3.63) is 12.2 Å². The molecule has 0 aromatic carbocycles. The molecule has 1 fully saturated rings. The van der Waals surface area contributed by atoms with Crippen LogP contribution in [0.3, 0.4) is 0 Å². The summed E-state index contributed by atoms with van der Waals surface area (Å²) in [7, 11) is 0. The number of amides is 1. The molecular formula is C16H30N4O2. The third kappa shape index (κ3) is 6.83. The van der Waals surface area contributed by atoms with E-state index in [1.54, 1.807) is 4.90 Å². The minimum absolute atomic E-state index is 0.229. The normalized spacial score (nSPS) is 16.6. The number of guanidine groups is 1. The Kier molecular flexibility index (Phi) is 7.21. The van der Waals surface area contributed by atoms with Crippen molar-refractivity contribution in [2.75, 3.05) is 26.2 Å². The Labute approximate surface area is 134 Å². The second kappa shape index (κ2) is 8.66. The third-order valence-corrected chi connectivity index (χ3v) is 3.02. The van der Waals surface area contributed by atoms with Crippen LogP contribution in [0, 0.1) is 0 Å². The van der Waals surface area contributed by atoms with Crippen molar-refractivity contribution >= 4 is 12.1 Å². The number of allylic oxidation sites excluding steroid dienone is 1. The molecule has 0 aromatic heterocycles. The fraction of sp³-hybridized carbons (Fsp3) is 0.750. The molecule has 0 radical (unpaired) electrons. The van der Waals surface area contributed by atoms with E-state index in [0.717, 1.165) is 25.5 Å². The van der Waals surface area contributed by atoms with E-state index in [2.05, 4.69) is 21.7 Å². The van der Waals surface area contributed by atoms with Crippen LogP contribution in [0.25, 0.3) is 0 Å². The van der Waals surface area contributed by atoms with Crippen molar-refractivity contribution in [2.24, 2.45) is 4.99 Å². The summed E-state index contributed by atoms with van der Waals surface area (Å²) in [6.45, 7) is 12.5. The van der Waals surface area contributed by atoms with Crippen LogP contribution in [0.2, 0.25) is 0 Å². The molecule has 1 aliphatic rings. The zero-order valence-electron chi connectivity index (χ0n) is 14.5. The van der Waals surface area contributed by atoms with E-state index in [1.807, 2.05) is 40.7 Å². The number of rotatable bonds is 5. The summed E-state index contributed by atoms with van der Waals surface area (Å²) < 4.78 is 5.34. The largest absolute Gasteiger partial charge is 0.444 e. The maximum atomic E-state index is 11.9. The maximum Gasteiger partial charge on any atom is 0.410 e. The Morgan fingerprint density at radius 2 is 2.09 bits per heavy atom. The van der Waals surface area contributed by atoms with E-state index in [9.17, 15) is 4.79 Å². The Bertz CT molecular complexity index is 407. The number of aliphatic imine (C=N–C) groups is 1. The van der Waals surface area contributed by atoms with Gasteiger partial charge < -0.3 is 20.3 Å². The molecule has 1 aliphatic heterocycles. The molecule has 1 saturated heterocycles. The van der Waals surface area contributed by atoms with Crippen LogP contribution in [0.15, 0.2) is 17.1 Å². The second-order valence-corrected chi connectivity index (χ2v) is 6.34. The average molecular weight is 310 g/mol. The van der Waals surface area contributed by atoms with E-state index in [4.69, 9.17) is 4.74 Å². The van der Waals surface area contributed by atoms with Crippen LogP contribution in [0.4, 0.5) is 4.79 Å². The van der Waals surface area contributed by atoms with Crippen molar-refractivity contribution in [1.29, 1.82) is 0 Å². The Morgan fingerprint density at radius 3 is 2.64 bits per heavy atom. The van der Waals surface area contributed by atoms with Crippen LogP contribution >= 0.6 is 0 Å². The lowest BCUT2D eigenvalue weighted by Crippen LogP contribution is -2.63. The lowest BCUT2D eigenvalue weighted by Gasteiger charge is -2.40. The minimum atomic E-state index is -0.446. The SMILES string of the molecule is C/C=C/CCN=C(NCC)NC1CN(C(=O)OC(C)(C)C)C1. The van der Waals surface area contributed by atoms with Gasteiger partial charge in [0, 0.05) is 26.2 Å². The molecule has 22 heavy (non-hydrogen) atoms. The predicted molar refractivity (Wildman–Crippen MR) is 90.1 cm³/mol. The standard InChI is InChI=1S/C16H30N4O2/c1-6-8-9-10-18-14(17-7-2)19-13-11-20(12-13)15(21)22-16(3,4)5/h6,8,13H,7,9-12H2,1-5H3,(H2,17,18,19)/b8-6+. The quantitative estimate of drug-likeness (QED) is 0.353. The fourth-order valence-electron chi connectivity index (χ4n) is 1.98. The second-order valence-electron chi connectivity index (χ2n) is 6.34. The number of carbonyl (C=O) groups excluding carboxylic acids is 1. The first-order valence-corrected chi connectivity index (χ1v) is 7.99. The van der Waals surface area contributed by atoms with Crippen molar-refractivity contribution in [1.82, 2.24) is 15.5 Å². The molecule has 0 saturated carbocycles. The van der Waals surface area contributed by atoms with Gasteiger partial charge >= 0.3 is 6.09 Å². The van der Waals surface area contributed by atoms with E-state index in [-0.39, 0.29) is 12.1 Å². The molecule has 126 valence electrons. The van der Waals surface area contributed by atoms with Gasteiger partial charge in [0.05, 0.1) is 6.04 Å². The molecule has 6 heteroatoms. The van der Waals surface area contributed by atoms with Crippen molar-refractivity contribution in [3.63, 3.8) is 0 Å². The zero-order chi connectivity index (χ0) is 16.6. The van der Waals surface area contributed by atoms with Gasteiger partial charge in [0.15, 0.2) is 5.96 Å². The van der Waals surface area contributed by atoms with Gasteiger partial charge in [-0.15, -0.1) is 0 Å². The average Bonchev–Trinajstić information content (AvgIpc) is 2.35. The smallest absolute Gasteiger partial charge is 0.410 e. The van der Waals surface area contributed by atoms with E-state index >= 15 is 0 Å². The van der Waals surface area contributed by atoms with Gasteiger partial charge in [-0.2, -0.15) is 0 Å². The van der Waals surface area contributed by atoms with E-state index in [1.165, 1.54) is 0 Å². The molecular weight excluding hydrogens is 280 g/mol. The first-order valence-electron chi connectivity index (χ1n) is 7.99. The van der Waals surface area contributed by atoms with Crippen molar-refractivity contribution < 1.29 is 9.53 Å². The van der Waals surface area contributed by atoms with Crippen LogP contribution in [0.1, 0.15) is 41.0 Å². The maximum absolute atomic E-state index is 11.9. The summed E-state index contributed by atoms with van der Waals surface area (Å²) in [6.07, 6.45) is 4.81. The number of ether oxygens (including phenoxy) is 1. The highest BCUT2D eigenvalue weighted by Gasteiger charge is 2.34. The molecule has 0 aliphatic carbocycles. The Hall–Kier alpha value is -1.72. The topological polar surface area (TPSA) is 66.0 Å². The summed E-state index contributed by atoms with van der Waals surface area (Å²) in [4.78, 5) is 18.1. The van der Waals surface area contributed by atoms with Crippen LogP contribution in [0.5, 0.6) is 0 Å². The van der Waals surface area contributed by atoms with Gasteiger partial charge in [-0.05, 0) is 41.0 Å². The molecule has 0 spiro atoms. The monoisotopic (exact) mass is 310 g/mol. The van der Waals surface area contributed by atoms with Gasteiger partial charge in [0.25, 0.3) is 0 Å². The molecule has 0 aromatic rings. The highest BCUT2D eigenvalue weighted by molar-refractivity contribution is 5.80. The number of nitrogens with one attached hydrogen (secondary N) is 2. The van der Waals surface area contributed by atoms with Crippen LogP contribution in [-0.4, -0.2) is 54.8 Å². The van der Waals surface area contributed by atoms with E-state index in [0.29, 0.717) is 13.1 Å². The minimum Gasteiger partial charge on any atom is -0.444 e. The highest BCUT2D eigenvalue weighted by Crippen LogP contribution is 2.15. The lowest BCUT2D eigenvalue weighted by molar-refractivity contribution is 0.00701. The number of carbonyl (C=O) groups is 1. The Morgan fingerprint density at radius 1 is 1.41 bits per heavy atom. The van der Waals surface area contributed by atoms with Gasteiger partial charge in [0.1, 0.15) is 5.60 Å². The lowest BCUT2D eigenvalue weighted by atomic mass is 10.1. The van der Waals surface area contributed by atoms with Crippen LogP contribution < -0.4 is 10.6 Å². The number of nitrogens with zero attached hydrogens (tertiary/aromatic N) is 2.